The molecule has 1 heterocycles. The monoisotopic (exact) mass is 399 g/mol. The van der Waals surface area contributed by atoms with Crippen molar-refractivity contribution >= 4 is 40.7 Å². The highest BCUT2D eigenvalue weighted by atomic mass is 35.5. The van der Waals surface area contributed by atoms with Gasteiger partial charge in [-0.15, -0.1) is 0 Å². The molecule has 1 atom stereocenters. The maximum atomic E-state index is 12.7. The molecule has 146 valence electrons. The minimum atomic E-state index is -0.496. The third-order valence-corrected chi connectivity index (χ3v) is 4.74. The van der Waals surface area contributed by atoms with E-state index in [1.54, 1.807) is 53.4 Å². The molecule has 28 heavy (non-hydrogen) atoms. The summed E-state index contributed by atoms with van der Waals surface area (Å²) in [5.74, 6) is -1.15. The molecule has 2 aromatic carbocycles. The zero-order chi connectivity index (χ0) is 20.3. The van der Waals surface area contributed by atoms with E-state index in [1.165, 1.54) is 0 Å². The van der Waals surface area contributed by atoms with Crippen molar-refractivity contribution in [2.45, 2.75) is 26.3 Å². The maximum absolute atomic E-state index is 12.7. The quantitative estimate of drug-likeness (QED) is 0.808. The summed E-state index contributed by atoms with van der Waals surface area (Å²) in [7, 11) is 0. The molecule has 1 unspecified atom stereocenters. The van der Waals surface area contributed by atoms with Gasteiger partial charge in [-0.1, -0.05) is 23.7 Å². The smallest absolute Gasteiger partial charge is 0.253 e. The van der Waals surface area contributed by atoms with E-state index in [0.29, 0.717) is 22.0 Å². The highest BCUT2D eigenvalue weighted by Crippen LogP contribution is 2.27. The lowest BCUT2D eigenvalue weighted by atomic mass is 10.1. The molecule has 1 aliphatic rings. The zero-order valence-corrected chi connectivity index (χ0v) is 16.5. The van der Waals surface area contributed by atoms with E-state index >= 15 is 0 Å². The second-order valence-electron chi connectivity index (χ2n) is 7.04. The number of para-hydroxylation sites is 1. The third-order valence-electron chi connectivity index (χ3n) is 4.48. The highest BCUT2D eigenvalue weighted by molar-refractivity contribution is 6.30. The highest BCUT2D eigenvalue weighted by Gasteiger charge is 2.35. The van der Waals surface area contributed by atoms with Gasteiger partial charge in [0.1, 0.15) is 0 Å². The lowest BCUT2D eigenvalue weighted by molar-refractivity contribution is -0.122. The Kier molecular flexibility index (Phi) is 5.99. The normalized spacial score (nSPS) is 16.4. The summed E-state index contributed by atoms with van der Waals surface area (Å²) in [6.45, 7) is 4.02. The van der Waals surface area contributed by atoms with Gasteiger partial charge < -0.3 is 15.5 Å². The second-order valence-corrected chi connectivity index (χ2v) is 7.48. The average Bonchev–Trinajstić information content (AvgIpc) is 3.04. The molecule has 3 amide bonds. The Hall–Kier alpha value is -2.86. The number of halogens is 1. The van der Waals surface area contributed by atoms with E-state index in [9.17, 15) is 14.4 Å². The number of nitrogens with zero attached hydrogens (tertiary/aromatic N) is 1. The van der Waals surface area contributed by atoms with Crippen LogP contribution in [0.2, 0.25) is 5.02 Å². The molecule has 1 fully saturated rings. The van der Waals surface area contributed by atoms with Crippen LogP contribution >= 0.6 is 11.6 Å². The molecule has 1 aliphatic heterocycles. The van der Waals surface area contributed by atoms with Crippen molar-refractivity contribution < 1.29 is 14.4 Å². The van der Waals surface area contributed by atoms with E-state index < -0.39 is 5.92 Å². The first kappa shape index (κ1) is 19.9. The van der Waals surface area contributed by atoms with Gasteiger partial charge in [0, 0.05) is 29.7 Å². The van der Waals surface area contributed by atoms with Gasteiger partial charge in [-0.2, -0.15) is 0 Å². The fourth-order valence-electron chi connectivity index (χ4n) is 3.12. The number of hydrogen-bond acceptors (Lipinski definition) is 3. The fourth-order valence-corrected chi connectivity index (χ4v) is 3.24. The number of benzene rings is 2. The van der Waals surface area contributed by atoms with Crippen LogP contribution in [0.4, 0.5) is 11.4 Å². The number of amides is 3. The number of carbonyl (C=O) groups excluding carboxylic acids is 3. The van der Waals surface area contributed by atoms with Gasteiger partial charge in [-0.25, -0.2) is 0 Å². The van der Waals surface area contributed by atoms with Crippen LogP contribution in [0.1, 0.15) is 30.6 Å². The molecule has 0 bridgehead atoms. The van der Waals surface area contributed by atoms with Gasteiger partial charge in [0.05, 0.1) is 17.2 Å². The molecular weight excluding hydrogens is 378 g/mol. The van der Waals surface area contributed by atoms with Crippen molar-refractivity contribution in [1.82, 2.24) is 5.32 Å². The van der Waals surface area contributed by atoms with Crippen molar-refractivity contribution in [1.29, 1.82) is 0 Å². The third kappa shape index (κ3) is 4.51. The summed E-state index contributed by atoms with van der Waals surface area (Å²) in [4.78, 5) is 39.1. The first-order valence-electron chi connectivity index (χ1n) is 9.12. The van der Waals surface area contributed by atoms with Crippen molar-refractivity contribution in [3.05, 3.63) is 59.1 Å². The van der Waals surface area contributed by atoms with Crippen molar-refractivity contribution in [2.75, 3.05) is 16.8 Å². The van der Waals surface area contributed by atoms with Crippen molar-refractivity contribution in [2.24, 2.45) is 5.92 Å². The summed E-state index contributed by atoms with van der Waals surface area (Å²) in [5, 5.41) is 6.21. The van der Waals surface area contributed by atoms with Gasteiger partial charge in [0.25, 0.3) is 5.91 Å². The summed E-state index contributed by atoms with van der Waals surface area (Å²) < 4.78 is 0. The number of hydrogen-bond donors (Lipinski definition) is 2. The number of rotatable bonds is 5. The summed E-state index contributed by atoms with van der Waals surface area (Å²) >= 11 is 5.90. The van der Waals surface area contributed by atoms with Crippen LogP contribution in [0.3, 0.4) is 0 Å². The Balaban J connectivity index is 1.71. The Morgan fingerprint density at radius 1 is 1.11 bits per heavy atom. The minimum Gasteiger partial charge on any atom is -0.350 e. The molecule has 7 heteroatoms. The number of nitrogens with one attached hydrogen (secondary N) is 2. The summed E-state index contributed by atoms with van der Waals surface area (Å²) in [5.41, 5.74) is 1.54. The van der Waals surface area contributed by atoms with Crippen LogP contribution in [-0.2, 0) is 9.59 Å². The molecule has 2 N–H and O–H groups in total. The molecule has 2 aromatic rings. The molecule has 3 rings (SSSR count). The fraction of sp³-hybridized carbons (Fsp3) is 0.286. The molecule has 0 radical (unpaired) electrons. The Bertz CT molecular complexity index is 896. The topological polar surface area (TPSA) is 78.5 Å². The van der Waals surface area contributed by atoms with E-state index in [1.807, 2.05) is 13.8 Å². The molecule has 1 saturated heterocycles. The SMILES string of the molecule is CC(C)NC(=O)c1ccccc1NC(=O)C1CC(=O)N(c2ccc(Cl)cc2)C1. The Labute approximate surface area is 168 Å². The summed E-state index contributed by atoms with van der Waals surface area (Å²) in [6.07, 6.45) is 0.120. The van der Waals surface area contributed by atoms with Gasteiger partial charge in [0.15, 0.2) is 0 Å². The average molecular weight is 400 g/mol. The number of carbonyl (C=O) groups is 3. The lowest BCUT2D eigenvalue weighted by Crippen LogP contribution is -2.32. The van der Waals surface area contributed by atoms with Crippen molar-refractivity contribution in [3.8, 4) is 0 Å². The molecule has 0 saturated carbocycles. The Morgan fingerprint density at radius 2 is 1.79 bits per heavy atom. The molecule has 6 nitrogen and oxygen atoms in total. The summed E-state index contributed by atoms with van der Waals surface area (Å²) in [6, 6.07) is 13.7. The number of anilines is 2. The lowest BCUT2D eigenvalue weighted by Gasteiger charge is -2.17. The standard InChI is InChI=1S/C21H22ClN3O3/c1-13(2)23-21(28)17-5-3-4-6-18(17)24-20(27)14-11-19(26)25(12-14)16-9-7-15(22)8-10-16/h3-10,13-14H,11-12H2,1-2H3,(H,23,28)(H,24,27). The van der Waals surface area contributed by atoms with E-state index in [2.05, 4.69) is 10.6 Å². The molecular formula is C21H22ClN3O3. The van der Waals surface area contributed by atoms with Gasteiger partial charge in [-0.05, 0) is 50.2 Å². The van der Waals surface area contributed by atoms with Gasteiger partial charge in [-0.3, -0.25) is 14.4 Å². The first-order chi connectivity index (χ1) is 13.3. The molecule has 0 aliphatic carbocycles. The van der Waals surface area contributed by atoms with Crippen LogP contribution in [0, 0.1) is 5.92 Å². The predicted molar refractivity (Wildman–Crippen MR) is 110 cm³/mol. The van der Waals surface area contributed by atoms with E-state index in [-0.39, 0.29) is 36.7 Å². The molecule has 0 spiro atoms. The predicted octanol–water partition coefficient (Wildman–Crippen LogP) is 3.47. The van der Waals surface area contributed by atoms with Crippen molar-refractivity contribution in [3.63, 3.8) is 0 Å². The maximum Gasteiger partial charge on any atom is 0.253 e. The van der Waals surface area contributed by atoms with Gasteiger partial charge >= 0.3 is 0 Å². The van der Waals surface area contributed by atoms with E-state index in [0.717, 1.165) is 0 Å². The van der Waals surface area contributed by atoms with Gasteiger partial charge in [0.2, 0.25) is 11.8 Å². The zero-order valence-electron chi connectivity index (χ0n) is 15.7. The largest absolute Gasteiger partial charge is 0.350 e. The van der Waals surface area contributed by atoms with Crippen LogP contribution in [0.5, 0.6) is 0 Å². The Morgan fingerprint density at radius 3 is 2.46 bits per heavy atom. The van der Waals surface area contributed by atoms with E-state index in [4.69, 9.17) is 11.6 Å². The van der Waals surface area contributed by atoms with Crippen LogP contribution in [-0.4, -0.2) is 30.3 Å². The second kappa shape index (κ2) is 8.44. The van der Waals surface area contributed by atoms with Crippen LogP contribution in [0.15, 0.2) is 48.5 Å². The molecule has 0 aromatic heterocycles. The first-order valence-corrected chi connectivity index (χ1v) is 9.49. The van der Waals surface area contributed by atoms with Crippen LogP contribution in [0.25, 0.3) is 0 Å². The van der Waals surface area contributed by atoms with Crippen LogP contribution < -0.4 is 15.5 Å². The minimum absolute atomic E-state index is 0.0170.